The van der Waals surface area contributed by atoms with Crippen molar-refractivity contribution in [2.45, 2.75) is 26.2 Å². The highest BCUT2D eigenvalue weighted by Crippen LogP contribution is 2.20. The fourth-order valence-electron chi connectivity index (χ4n) is 2.08. The molecule has 1 fully saturated rings. The molecule has 2 rings (SSSR count). The number of carbonyl (C=O) groups excluding carboxylic acids is 1. The molecule has 76 valence electrons. The van der Waals surface area contributed by atoms with Crippen LogP contribution in [0.2, 0.25) is 0 Å². The Bertz CT molecular complexity index is 285. The summed E-state index contributed by atoms with van der Waals surface area (Å²) in [5.41, 5.74) is 1.27. The van der Waals surface area contributed by atoms with Gasteiger partial charge in [-0.1, -0.05) is 23.8 Å². The van der Waals surface area contributed by atoms with Crippen molar-refractivity contribution in [3.8, 4) is 0 Å². The van der Waals surface area contributed by atoms with Crippen LogP contribution >= 0.6 is 0 Å². The van der Waals surface area contributed by atoms with E-state index < -0.39 is 0 Å². The van der Waals surface area contributed by atoms with Crippen LogP contribution < -0.4 is 0 Å². The summed E-state index contributed by atoms with van der Waals surface area (Å²) < 4.78 is 0. The molecule has 0 radical (unpaired) electrons. The molecule has 0 saturated carbocycles. The molecule has 0 spiro atoms. The van der Waals surface area contributed by atoms with Crippen molar-refractivity contribution in [2.75, 3.05) is 13.1 Å². The highest BCUT2D eigenvalue weighted by Gasteiger charge is 2.24. The first-order valence-corrected chi connectivity index (χ1v) is 5.41. The number of allylic oxidation sites excluding steroid dienone is 3. The van der Waals surface area contributed by atoms with E-state index in [1.165, 1.54) is 18.4 Å². The second kappa shape index (κ2) is 3.99. The van der Waals surface area contributed by atoms with E-state index in [4.69, 9.17) is 0 Å². The Labute approximate surface area is 85.3 Å². The fraction of sp³-hybridized carbons (Fsp3) is 0.583. The lowest BCUT2D eigenvalue weighted by Gasteiger charge is -2.21. The Morgan fingerprint density at radius 3 is 2.71 bits per heavy atom. The number of carbonyl (C=O) groups is 1. The van der Waals surface area contributed by atoms with Crippen molar-refractivity contribution in [3.63, 3.8) is 0 Å². The van der Waals surface area contributed by atoms with Crippen LogP contribution in [0.25, 0.3) is 0 Å². The largest absolute Gasteiger partial charge is 0.342 e. The van der Waals surface area contributed by atoms with Gasteiger partial charge in [0.05, 0.1) is 5.92 Å². The van der Waals surface area contributed by atoms with Crippen molar-refractivity contribution < 1.29 is 4.79 Å². The molecule has 1 aliphatic heterocycles. The zero-order valence-electron chi connectivity index (χ0n) is 8.70. The number of likely N-dealkylation sites (tertiary alicyclic amines) is 1. The van der Waals surface area contributed by atoms with E-state index in [2.05, 4.69) is 25.2 Å². The average molecular weight is 191 g/mol. The first kappa shape index (κ1) is 9.50. The van der Waals surface area contributed by atoms with Gasteiger partial charge in [-0.25, -0.2) is 0 Å². The normalized spacial score (nSPS) is 26.5. The number of nitrogens with zero attached hydrogens (tertiary/aromatic N) is 1. The van der Waals surface area contributed by atoms with Crippen LogP contribution in [0.4, 0.5) is 0 Å². The van der Waals surface area contributed by atoms with Crippen LogP contribution in [0.15, 0.2) is 23.8 Å². The molecule has 2 aliphatic rings. The molecule has 14 heavy (non-hydrogen) atoms. The van der Waals surface area contributed by atoms with Gasteiger partial charge in [-0.3, -0.25) is 4.79 Å². The quantitative estimate of drug-likeness (QED) is 0.621. The molecule has 0 aromatic carbocycles. The molecule has 1 saturated heterocycles. The van der Waals surface area contributed by atoms with Gasteiger partial charge in [0.15, 0.2) is 0 Å². The van der Waals surface area contributed by atoms with Crippen LogP contribution in [0, 0.1) is 5.92 Å². The fourth-order valence-corrected chi connectivity index (χ4v) is 2.08. The molecule has 1 atom stereocenters. The molecule has 0 aromatic rings. The van der Waals surface area contributed by atoms with E-state index in [0.29, 0.717) is 5.91 Å². The van der Waals surface area contributed by atoms with E-state index in [9.17, 15) is 4.79 Å². The van der Waals surface area contributed by atoms with Crippen LogP contribution in [0.3, 0.4) is 0 Å². The van der Waals surface area contributed by atoms with E-state index in [-0.39, 0.29) is 5.92 Å². The third kappa shape index (κ3) is 1.89. The predicted molar refractivity (Wildman–Crippen MR) is 56.8 cm³/mol. The topological polar surface area (TPSA) is 20.3 Å². The molecule has 1 heterocycles. The summed E-state index contributed by atoms with van der Waals surface area (Å²) in [7, 11) is 0. The van der Waals surface area contributed by atoms with Gasteiger partial charge in [0.1, 0.15) is 0 Å². The van der Waals surface area contributed by atoms with Gasteiger partial charge in [0, 0.05) is 13.1 Å². The Balaban J connectivity index is 1.96. The molecule has 1 amide bonds. The summed E-state index contributed by atoms with van der Waals surface area (Å²) in [5.74, 6) is 0.430. The number of amides is 1. The van der Waals surface area contributed by atoms with Crippen molar-refractivity contribution in [2.24, 2.45) is 5.92 Å². The van der Waals surface area contributed by atoms with Crippen molar-refractivity contribution >= 4 is 5.91 Å². The summed E-state index contributed by atoms with van der Waals surface area (Å²) in [6.07, 6.45) is 9.50. The molecule has 1 aliphatic carbocycles. The molecular formula is C12H17NO. The molecule has 1 unspecified atom stereocenters. The lowest BCUT2D eigenvalue weighted by molar-refractivity contribution is -0.132. The first-order chi connectivity index (χ1) is 6.77. The summed E-state index contributed by atoms with van der Waals surface area (Å²) in [4.78, 5) is 14.0. The Kier molecular flexibility index (Phi) is 2.71. The lowest BCUT2D eigenvalue weighted by Crippen LogP contribution is -2.33. The average Bonchev–Trinajstić information content (AvgIpc) is 2.71. The van der Waals surface area contributed by atoms with E-state index >= 15 is 0 Å². The maximum atomic E-state index is 12.0. The second-order valence-corrected chi connectivity index (χ2v) is 4.18. The number of rotatable bonds is 1. The highest BCUT2D eigenvalue weighted by molar-refractivity contribution is 5.81. The summed E-state index contributed by atoms with van der Waals surface area (Å²) >= 11 is 0. The van der Waals surface area contributed by atoms with Gasteiger partial charge in [0.2, 0.25) is 5.91 Å². The minimum Gasteiger partial charge on any atom is -0.342 e. The molecule has 0 bridgehead atoms. The van der Waals surface area contributed by atoms with Crippen LogP contribution in [-0.4, -0.2) is 23.9 Å². The number of hydrogen-bond donors (Lipinski definition) is 0. The second-order valence-electron chi connectivity index (χ2n) is 4.18. The van der Waals surface area contributed by atoms with Gasteiger partial charge in [0.25, 0.3) is 0 Å². The van der Waals surface area contributed by atoms with E-state index in [1.807, 2.05) is 4.90 Å². The van der Waals surface area contributed by atoms with Gasteiger partial charge < -0.3 is 4.90 Å². The Morgan fingerprint density at radius 1 is 1.43 bits per heavy atom. The third-order valence-corrected chi connectivity index (χ3v) is 3.02. The highest BCUT2D eigenvalue weighted by atomic mass is 16.2. The predicted octanol–water partition coefficient (Wildman–Crippen LogP) is 2.13. The van der Waals surface area contributed by atoms with Gasteiger partial charge in [-0.2, -0.15) is 0 Å². The zero-order valence-corrected chi connectivity index (χ0v) is 8.70. The molecule has 0 aromatic heterocycles. The maximum absolute atomic E-state index is 12.0. The minimum absolute atomic E-state index is 0.108. The Morgan fingerprint density at radius 2 is 2.14 bits per heavy atom. The summed E-state index contributed by atoms with van der Waals surface area (Å²) in [6.45, 7) is 4.00. The van der Waals surface area contributed by atoms with Crippen molar-refractivity contribution in [3.05, 3.63) is 23.8 Å². The SMILES string of the molecule is CC1=CCC(C(=O)N2CCCC2)C=C1. The van der Waals surface area contributed by atoms with Gasteiger partial charge in [-0.05, 0) is 26.2 Å². The smallest absolute Gasteiger partial charge is 0.229 e. The maximum Gasteiger partial charge on any atom is 0.229 e. The zero-order chi connectivity index (χ0) is 9.97. The van der Waals surface area contributed by atoms with Crippen LogP contribution in [-0.2, 0) is 4.79 Å². The van der Waals surface area contributed by atoms with Crippen LogP contribution in [0.5, 0.6) is 0 Å². The standard InChI is InChI=1S/C12H17NO/c1-10-4-6-11(7-5-10)12(14)13-8-2-3-9-13/h4-6,11H,2-3,7-9H2,1H3. The Hall–Kier alpha value is -1.05. The lowest BCUT2D eigenvalue weighted by atomic mass is 9.96. The summed E-state index contributed by atoms with van der Waals surface area (Å²) in [5, 5.41) is 0. The summed E-state index contributed by atoms with van der Waals surface area (Å²) in [6, 6.07) is 0. The van der Waals surface area contributed by atoms with Crippen molar-refractivity contribution in [1.82, 2.24) is 4.90 Å². The van der Waals surface area contributed by atoms with E-state index in [0.717, 1.165) is 19.5 Å². The number of hydrogen-bond acceptors (Lipinski definition) is 1. The molecule has 2 nitrogen and oxygen atoms in total. The van der Waals surface area contributed by atoms with Gasteiger partial charge >= 0.3 is 0 Å². The minimum atomic E-state index is 0.108. The van der Waals surface area contributed by atoms with E-state index in [1.54, 1.807) is 0 Å². The molecule has 0 N–H and O–H groups in total. The van der Waals surface area contributed by atoms with Crippen molar-refractivity contribution in [1.29, 1.82) is 0 Å². The van der Waals surface area contributed by atoms with Gasteiger partial charge in [-0.15, -0.1) is 0 Å². The third-order valence-electron chi connectivity index (χ3n) is 3.02. The first-order valence-electron chi connectivity index (χ1n) is 5.41. The molecular weight excluding hydrogens is 174 g/mol. The van der Waals surface area contributed by atoms with Crippen LogP contribution in [0.1, 0.15) is 26.2 Å². The molecule has 2 heteroatoms. The monoisotopic (exact) mass is 191 g/mol.